The summed E-state index contributed by atoms with van der Waals surface area (Å²) in [6.45, 7) is 7.28. The molecule has 116 valence electrons. The zero-order valence-electron chi connectivity index (χ0n) is 13.0. The first kappa shape index (κ1) is 17.6. The molecule has 0 aromatic heterocycles. The molecule has 4 nitrogen and oxygen atoms in total. The maximum Gasteiger partial charge on any atom is 0.319 e. The number of benzene rings is 1. The molecular formula is C16H23NO3S. The van der Waals surface area contributed by atoms with Crippen molar-refractivity contribution < 1.29 is 14.7 Å². The van der Waals surface area contributed by atoms with Crippen molar-refractivity contribution in [3.63, 3.8) is 0 Å². The van der Waals surface area contributed by atoms with E-state index in [0.717, 1.165) is 17.7 Å². The fourth-order valence-corrected chi connectivity index (χ4v) is 2.88. The van der Waals surface area contributed by atoms with Crippen molar-refractivity contribution in [2.75, 3.05) is 5.32 Å². The Morgan fingerprint density at radius 2 is 1.81 bits per heavy atom. The van der Waals surface area contributed by atoms with E-state index >= 15 is 0 Å². The summed E-state index contributed by atoms with van der Waals surface area (Å²) in [6, 6.07) is 7.31. The molecule has 5 heteroatoms. The number of anilines is 1. The van der Waals surface area contributed by atoms with Crippen LogP contribution >= 0.6 is 11.8 Å². The van der Waals surface area contributed by atoms with Gasteiger partial charge in [-0.15, -0.1) is 11.8 Å². The number of carbonyl (C=O) groups excluding carboxylic acids is 1. The summed E-state index contributed by atoms with van der Waals surface area (Å²) in [4.78, 5) is 24.2. The van der Waals surface area contributed by atoms with Gasteiger partial charge in [0, 0.05) is 10.8 Å². The fraction of sp³-hybridized carbons (Fsp3) is 0.500. The molecule has 1 rings (SSSR count). The summed E-state index contributed by atoms with van der Waals surface area (Å²) in [5.41, 5.74) is 0.675. The number of hydrogen-bond donors (Lipinski definition) is 2. The van der Waals surface area contributed by atoms with Gasteiger partial charge < -0.3 is 10.4 Å². The monoisotopic (exact) mass is 309 g/mol. The standard InChI is InChI=1S/C16H23NO3S/c1-5-11(6-2)14(18)17-12-9-7-8-10-13(12)21-16(3,4)15(19)20/h7-11H,5-6H2,1-4H3,(H,17,18)(H,19,20). The number of nitrogens with one attached hydrogen (secondary N) is 1. The molecule has 1 aromatic carbocycles. The van der Waals surface area contributed by atoms with Crippen molar-refractivity contribution >= 4 is 29.3 Å². The molecule has 0 unspecified atom stereocenters. The fourth-order valence-electron chi connectivity index (χ4n) is 1.87. The molecule has 0 fully saturated rings. The Hall–Kier alpha value is -1.49. The molecular weight excluding hydrogens is 286 g/mol. The normalized spacial score (nSPS) is 11.5. The van der Waals surface area contributed by atoms with Gasteiger partial charge in [-0.3, -0.25) is 9.59 Å². The van der Waals surface area contributed by atoms with Crippen molar-refractivity contribution in [2.24, 2.45) is 5.92 Å². The van der Waals surface area contributed by atoms with Gasteiger partial charge in [0.05, 0.1) is 5.69 Å². The van der Waals surface area contributed by atoms with E-state index in [1.807, 2.05) is 32.0 Å². The zero-order valence-corrected chi connectivity index (χ0v) is 13.8. The summed E-state index contributed by atoms with van der Waals surface area (Å²) in [5.74, 6) is -0.912. The lowest BCUT2D eigenvalue weighted by Gasteiger charge is -2.21. The molecule has 0 heterocycles. The van der Waals surface area contributed by atoms with E-state index in [1.165, 1.54) is 11.8 Å². The highest BCUT2D eigenvalue weighted by Gasteiger charge is 2.29. The van der Waals surface area contributed by atoms with Gasteiger partial charge in [-0.1, -0.05) is 26.0 Å². The number of carboxylic acid groups (broad SMARTS) is 1. The Labute approximate surface area is 130 Å². The summed E-state index contributed by atoms with van der Waals surface area (Å²) < 4.78 is -0.949. The molecule has 1 amide bonds. The molecule has 0 saturated heterocycles. The number of aliphatic carboxylic acids is 1. The maximum absolute atomic E-state index is 12.2. The lowest BCUT2D eigenvalue weighted by Crippen LogP contribution is -2.27. The number of thioether (sulfide) groups is 1. The number of para-hydroxylation sites is 1. The number of carbonyl (C=O) groups is 2. The topological polar surface area (TPSA) is 66.4 Å². The third kappa shape index (κ3) is 4.77. The first-order valence-corrected chi connectivity index (χ1v) is 7.95. The van der Waals surface area contributed by atoms with Gasteiger partial charge in [0.25, 0.3) is 0 Å². The molecule has 0 atom stereocenters. The predicted molar refractivity (Wildman–Crippen MR) is 86.7 cm³/mol. The van der Waals surface area contributed by atoms with Crippen molar-refractivity contribution in [3.8, 4) is 0 Å². The van der Waals surface area contributed by atoms with Crippen molar-refractivity contribution in [3.05, 3.63) is 24.3 Å². The third-order valence-electron chi connectivity index (χ3n) is 3.38. The van der Waals surface area contributed by atoms with E-state index < -0.39 is 10.7 Å². The average Bonchev–Trinajstić information content (AvgIpc) is 2.42. The molecule has 0 aliphatic carbocycles. The number of amides is 1. The van der Waals surface area contributed by atoms with E-state index in [2.05, 4.69) is 5.32 Å². The number of carboxylic acids is 1. The van der Waals surface area contributed by atoms with Crippen LogP contribution in [0.25, 0.3) is 0 Å². The van der Waals surface area contributed by atoms with Crippen LogP contribution in [0.5, 0.6) is 0 Å². The number of rotatable bonds is 7. The van der Waals surface area contributed by atoms with Gasteiger partial charge in [0.2, 0.25) is 5.91 Å². The highest BCUT2D eigenvalue weighted by atomic mass is 32.2. The minimum Gasteiger partial charge on any atom is -0.480 e. The molecule has 0 spiro atoms. The molecule has 0 radical (unpaired) electrons. The van der Waals surface area contributed by atoms with Gasteiger partial charge in [-0.05, 0) is 38.8 Å². The van der Waals surface area contributed by atoms with Crippen molar-refractivity contribution in [2.45, 2.75) is 50.2 Å². The molecule has 21 heavy (non-hydrogen) atoms. The molecule has 0 saturated carbocycles. The molecule has 1 aromatic rings. The van der Waals surface area contributed by atoms with Gasteiger partial charge in [0.1, 0.15) is 4.75 Å². The van der Waals surface area contributed by atoms with Crippen LogP contribution in [0.1, 0.15) is 40.5 Å². The minimum absolute atomic E-state index is 0.0128. The van der Waals surface area contributed by atoms with Crippen LogP contribution in [-0.2, 0) is 9.59 Å². The van der Waals surface area contributed by atoms with E-state index in [1.54, 1.807) is 19.9 Å². The summed E-state index contributed by atoms with van der Waals surface area (Å²) in [7, 11) is 0. The van der Waals surface area contributed by atoms with Crippen LogP contribution < -0.4 is 5.32 Å². The summed E-state index contributed by atoms with van der Waals surface area (Å²) in [6.07, 6.45) is 1.58. The highest BCUT2D eigenvalue weighted by molar-refractivity contribution is 8.01. The summed E-state index contributed by atoms with van der Waals surface area (Å²) >= 11 is 1.24. The van der Waals surface area contributed by atoms with Crippen molar-refractivity contribution in [1.29, 1.82) is 0 Å². The second-order valence-electron chi connectivity index (χ2n) is 5.42. The Morgan fingerprint density at radius 1 is 1.24 bits per heavy atom. The zero-order chi connectivity index (χ0) is 16.0. The average molecular weight is 309 g/mol. The van der Waals surface area contributed by atoms with E-state index in [-0.39, 0.29) is 11.8 Å². The highest BCUT2D eigenvalue weighted by Crippen LogP contribution is 2.37. The van der Waals surface area contributed by atoms with Crippen LogP contribution in [0, 0.1) is 5.92 Å². The predicted octanol–water partition coefficient (Wildman–Crippen LogP) is 4.02. The molecule has 0 aliphatic heterocycles. The maximum atomic E-state index is 12.2. The SMILES string of the molecule is CCC(CC)C(=O)Nc1ccccc1SC(C)(C)C(=O)O. The molecule has 2 N–H and O–H groups in total. The van der Waals surface area contributed by atoms with Crippen LogP contribution in [0.2, 0.25) is 0 Å². The van der Waals surface area contributed by atoms with Crippen LogP contribution in [0.3, 0.4) is 0 Å². The summed E-state index contributed by atoms with van der Waals surface area (Å²) in [5, 5.41) is 12.2. The third-order valence-corrected chi connectivity index (χ3v) is 4.64. The Balaban J connectivity index is 2.95. The van der Waals surface area contributed by atoms with E-state index in [9.17, 15) is 14.7 Å². The Kier molecular flexibility index (Phi) is 6.27. The van der Waals surface area contributed by atoms with Crippen LogP contribution in [0.15, 0.2) is 29.2 Å². The smallest absolute Gasteiger partial charge is 0.319 e. The van der Waals surface area contributed by atoms with Crippen molar-refractivity contribution in [1.82, 2.24) is 0 Å². The number of hydrogen-bond acceptors (Lipinski definition) is 3. The quantitative estimate of drug-likeness (QED) is 0.747. The largest absolute Gasteiger partial charge is 0.480 e. The first-order valence-electron chi connectivity index (χ1n) is 7.14. The van der Waals surface area contributed by atoms with Crippen LogP contribution in [-0.4, -0.2) is 21.7 Å². The minimum atomic E-state index is -0.949. The van der Waals surface area contributed by atoms with E-state index in [4.69, 9.17) is 0 Å². The van der Waals surface area contributed by atoms with Gasteiger partial charge >= 0.3 is 5.97 Å². The van der Waals surface area contributed by atoms with Gasteiger partial charge in [0.15, 0.2) is 0 Å². The lowest BCUT2D eigenvalue weighted by atomic mass is 10.0. The Morgan fingerprint density at radius 3 is 2.33 bits per heavy atom. The second kappa shape index (κ2) is 7.50. The first-order chi connectivity index (χ1) is 9.81. The molecule has 0 bridgehead atoms. The van der Waals surface area contributed by atoms with E-state index in [0.29, 0.717) is 5.69 Å². The molecule has 0 aliphatic rings. The second-order valence-corrected chi connectivity index (χ2v) is 7.08. The Bertz CT molecular complexity index is 510. The lowest BCUT2D eigenvalue weighted by molar-refractivity contribution is -0.138. The van der Waals surface area contributed by atoms with Gasteiger partial charge in [-0.25, -0.2) is 0 Å². The van der Waals surface area contributed by atoms with Gasteiger partial charge in [-0.2, -0.15) is 0 Å². The van der Waals surface area contributed by atoms with Crippen LogP contribution in [0.4, 0.5) is 5.69 Å².